The summed E-state index contributed by atoms with van der Waals surface area (Å²) in [6.07, 6.45) is 0. The molecule has 7 nitrogen and oxygen atoms in total. The Bertz CT molecular complexity index is 719. The van der Waals surface area contributed by atoms with E-state index in [9.17, 15) is 13.2 Å². The van der Waals surface area contributed by atoms with Crippen molar-refractivity contribution in [3.8, 4) is 0 Å². The van der Waals surface area contributed by atoms with Crippen LogP contribution in [0.15, 0.2) is 35.2 Å². The molecule has 1 aromatic carbocycles. The molecule has 0 radical (unpaired) electrons. The number of nitrogens with one attached hydrogen (secondary N) is 3. The SMILES string of the molecule is CC(=O)Nc1ccc(S(=O)(=O)Nc2cc(C)[nH]n2)cc1. The van der Waals surface area contributed by atoms with Crippen LogP contribution in [-0.2, 0) is 14.8 Å². The quantitative estimate of drug-likeness (QED) is 0.794. The summed E-state index contributed by atoms with van der Waals surface area (Å²) in [5, 5.41) is 9.03. The molecule has 1 amide bonds. The maximum Gasteiger partial charge on any atom is 0.263 e. The van der Waals surface area contributed by atoms with Crippen molar-refractivity contribution in [3.63, 3.8) is 0 Å². The molecule has 0 atom stereocenters. The largest absolute Gasteiger partial charge is 0.326 e. The predicted octanol–water partition coefficient (Wildman–Crippen LogP) is 1.48. The second-order valence-electron chi connectivity index (χ2n) is 4.25. The highest BCUT2D eigenvalue weighted by Gasteiger charge is 2.15. The highest BCUT2D eigenvalue weighted by Crippen LogP contribution is 2.17. The van der Waals surface area contributed by atoms with E-state index in [2.05, 4.69) is 20.2 Å². The number of benzene rings is 1. The molecule has 3 N–H and O–H groups in total. The lowest BCUT2D eigenvalue weighted by Gasteiger charge is -2.06. The number of anilines is 2. The number of H-pyrrole nitrogens is 1. The Kier molecular flexibility index (Phi) is 3.75. The number of carbonyl (C=O) groups excluding carboxylic acids is 1. The zero-order valence-corrected chi connectivity index (χ0v) is 11.8. The number of aromatic amines is 1. The maximum atomic E-state index is 12.1. The summed E-state index contributed by atoms with van der Waals surface area (Å²) in [5.41, 5.74) is 1.29. The minimum atomic E-state index is -3.69. The first-order chi connectivity index (χ1) is 9.37. The summed E-state index contributed by atoms with van der Waals surface area (Å²) < 4.78 is 26.5. The van der Waals surface area contributed by atoms with Gasteiger partial charge in [0.25, 0.3) is 10.0 Å². The summed E-state index contributed by atoms with van der Waals surface area (Å²) >= 11 is 0. The van der Waals surface area contributed by atoms with Crippen LogP contribution in [-0.4, -0.2) is 24.5 Å². The normalized spacial score (nSPS) is 11.1. The Balaban J connectivity index is 2.19. The van der Waals surface area contributed by atoms with Crippen LogP contribution in [0.1, 0.15) is 12.6 Å². The third-order valence-electron chi connectivity index (χ3n) is 2.43. The lowest BCUT2D eigenvalue weighted by atomic mass is 10.3. The summed E-state index contributed by atoms with van der Waals surface area (Å²) in [7, 11) is -3.69. The first-order valence-corrected chi connectivity index (χ1v) is 7.27. The molecule has 0 aliphatic rings. The Labute approximate surface area is 116 Å². The van der Waals surface area contributed by atoms with Crippen molar-refractivity contribution in [2.45, 2.75) is 18.7 Å². The van der Waals surface area contributed by atoms with E-state index >= 15 is 0 Å². The van der Waals surface area contributed by atoms with Gasteiger partial charge >= 0.3 is 0 Å². The average molecular weight is 294 g/mol. The van der Waals surface area contributed by atoms with Gasteiger partial charge in [-0.3, -0.25) is 14.6 Å². The van der Waals surface area contributed by atoms with Crippen LogP contribution < -0.4 is 10.0 Å². The first-order valence-electron chi connectivity index (χ1n) is 5.79. The Hall–Kier alpha value is -2.35. The van der Waals surface area contributed by atoms with Crippen LogP contribution in [0, 0.1) is 6.92 Å². The van der Waals surface area contributed by atoms with Crippen LogP contribution >= 0.6 is 0 Å². The molecule has 2 rings (SSSR count). The Morgan fingerprint density at radius 3 is 2.40 bits per heavy atom. The maximum absolute atomic E-state index is 12.1. The minimum Gasteiger partial charge on any atom is -0.326 e. The summed E-state index contributed by atoms with van der Waals surface area (Å²) in [6, 6.07) is 7.45. The molecule has 0 aliphatic carbocycles. The molecule has 0 spiro atoms. The molecule has 8 heteroatoms. The molecule has 2 aromatic rings. The second-order valence-corrected chi connectivity index (χ2v) is 5.93. The monoisotopic (exact) mass is 294 g/mol. The number of carbonyl (C=O) groups is 1. The van der Waals surface area contributed by atoms with Gasteiger partial charge < -0.3 is 5.32 Å². The van der Waals surface area contributed by atoms with Gasteiger partial charge in [0.15, 0.2) is 5.82 Å². The average Bonchev–Trinajstić information content (AvgIpc) is 2.74. The van der Waals surface area contributed by atoms with Crippen molar-refractivity contribution in [3.05, 3.63) is 36.0 Å². The fourth-order valence-electron chi connectivity index (χ4n) is 1.59. The zero-order chi connectivity index (χ0) is 14.8. The van der Waals surface area contributed by atoms with Crippen LogP contribution in [0.2, 0.25) is 0 Å². The van der Waals surface area contributed by atoms with E-state index in [4.69, 9.17) is 0 Å². The number of nitrogens with zero attached hydrogens (tertiary/aromatic N) is 1. The third-order valence-corrected chi connectivity index (χ3v) is 3.80. The predicted molar refractivity (Wildman–Crippen MR) is 74.9 cm³/mol. The lowest BCUT2D eigenvalue weighted by Crippen LogP contribution is -2.13. The van der Waals surface area contributed by atoms with Crippen LogP contribution in [0.5, 0.6) is 0 Å². The van der Waals surface area contributed by atoms with Crippen molar-refractivity contribution in [2.24, 2.45) is 0 Å². The molecule has 20 heavy (non-hydrogen) atoms. The standard InChI is InChI=1S/C12H14N4O3S/c1-8-7-12(15-14-8)16-20(18,19)11-5-3-10(4-6-11)13-9(2)17/h3-7H,1-2H3,(H,13,17)(H2,14,15,16). The zero-order valence-electron chi connectivity index (χ0n) is 11.0. The van der Waals surface area contributed by atoms with Gasteiger partial charge in [-0.1, -0.05) is 0 Å². The summed E-state index contributed by atoms with van der Waals surface area (Å²) in [4.78, 5) is 11.0. The van der Waals surface area contributed by atoms with Crippen molar-refractivity contribution in [2.75, 3.05) is 10.0 Å². The Morgan fingerprint density at radius 1 is 1.25 bits per heavy atom. The number of hydrogen-bond donors (Lipinski definition) is 3. The molecule has 0 fully saturated rings. The topological polar surface area (TPSA) is 104 Å². The number of sulfonamides is 1. The van der Waals surface area contributed by atoms with E-state index in [1.54, 1.807) is 13.0 Å². The third kappa shape index (κ3) is 3.35. The van der Waals surface area contributed by atoms with Gasteiger partial charge in [-0.2, -0.15) is 5.10 Å². The number of hydrogen-bond acceptors (Lipinski definition) is 4. The van der Waals surface area contributed by atoms with Crippen molar-refractivity contribution in [1.29, 1.82) is 0 Å². The summed E-state index contributed by atoms with van der Waals surface area (Å²) in [6.45, 7) is 3.15. The van der Waals surface area contributed by atoms with Gasteiger partial charge in [0, 0.05) is 24.4 Å². The van der Waals surface area contributed by atoms with Gasteiger partial charge in [-0.05, 0) is 31.2 Å². The van der Waals surface area contributed by atoms with Crippen LogP contribution in [0.3, 0.4) is 0 Å². The van der Waals surface area contributed by atoms with E-state index in [1.165, 1.54) is 31.2 Å². The van der Waals surface area contributed by atoms with Crippen LogP contribution in [0.4, 0.5) is 11.5 Å². The van der Waals surface area contributed by atoms with E-state index < -0.39 is 10.0 Å². The highest BCUT2D eigenvalue weighted by atomic mass is 32.2. The van der Waals surface area contributed by atoms with Gasteiger partial charge in [0.1, 0.15) is 0 Å². The number of rotatable bonds is 4. The van der Waals surface area contributed by atoms with Crippen molar-refractivity contribution >= 4 is 27.4 Å². The fraction of sp³-hybridized carbons (Fsp3) is 0.167. The second kappa shape index (κ2) is 5.33. The molecule has 106 valence electrons. The van der Waals surface area contributed by atoms with E-state index in [1.807, 2.05) is 0 Å². The van der Waals surface area contributed by atoms with Gasteiger partial charge in [-0.25, -0.2) is 8.42 Å². The number of aryl methyl sites for hydroxylation is 1. The summed E-state index contributed by atoms with van der Waals surface area (Å²) in [5.74, 6) is 0.0131. The van der Waals surface area contributed by atoms with Crippen molar-refractivity contribution in [1.82, 2.24) is 10.2 Å². The van der Waals surface area contributed by atoms with E-state index in [0.717, 1.165) is 5.69 Å². The molecule has 0 saturated heterocycles. The number of aromatic nitrogens is 2. The minimum absolute atomic E-state index is 0.0901. The molecular formula is C12H14N4O3S. The van der Waals surface area contributed by atoms with Crippen molar-refractivity contribution < 1.29 is 13.2 Å². The molecule has 0 saturated carbocycles. The highest BCUT2D eigenvalue weighted by molar-refractivity contribution is 7.92. The molecule has 0 aliphatic heterocycles. The van der Waals surface area contributed by atoms with Crippen LogP contribution in [0.25, 0.3) is 0 Å². The molecule has 0 unspecified atom stereocenters. The lowest BCUT2D eigenvalue weighted by molar-refractivity contribution is -0.114. The Morgan fingerprint density at radius 2 is 1.90 bits per heavy atom. The van der Waals surface area contributed by atoms with Gasteiger partial charge in [0.2, 0.25) is 5.91 Å². The first kappa shape index (κ1) is 14.1. The van der Waals surface area contributed by atoms with E-state index in [-0.39, 0.29) is 16.6 Å². The van der Waals surface area contributed by atoms with E-state index in [0.29, 0.717) is 5.69 Å². The molecule has 1 aromatic heterocycles. The smallest absolute Gasteiger partial charge is 0.263 e. The fourth-order valence-corrected chi connectivity index (χ4v) is 2.58. The molecular weight excluding hydrogens is 280 g/mol. The molecule has 0 bridgehead atoms. The molecule has 1 heterocycles. The van der Waals surface area contributed by atoms with Gasteiger partial charge in [-0.15, -0.1) is 0 Å². The number of amides is 1. The van der Waals surface area contributed by atoms with Gasteiger partial charge in [0.05, 0.1) is 4.90 Å².